The zero-order chi connectivity index (χ0) is 13.0. The molecule has 2 heterocycles. The summed E-state index contributed by atoms with van der Waals surface area (Å²) in [5, 5.41) is 0. The second-order valence-electron chi connectivity index (χ2n) is 2.52. The van der Waals surface area contributed by atoms with Crippen LogP contribution in [-0.4, -0.2) is 28.6 Å². The monoisotopic (exact) mass is 357 g/mol. The quantitative estimate of drug-likeness (QED) is 0.589. The van der Waals surface area contributed by atoms with E-state index in [0.717, 1.165) is 0 Å². The topological polar surface area (TPSA) is 109 Å². The number of rotatable bonds is 0. The summed E-state index contributed by atoms with van der Waals surface area (Å²) < 4.78 is 33.2. The van der Waals surface area contributed by atoms with Gasteiger partial charge in [0.15, 0.2) is 0 Å². The molecule has 0 spiro atoms. The van der Waals surface area contributed by atoms with E-state index in [0.29, 0.717) is 0 Å². The van der Waals surface area contributed by atoms with Crippen LogP contribution in [0.4, 0.5) is 0 Å². The van der Waals surface area contributed by atoms with Crippen molar-refractivity contribution in [1.29, 1.82) is 0 Å². The predicted molar refractivity (Wildman–Crippen MR) is 57.1 cm³/mol. The molecule has 0 bridgehead atoms. The molecule has 0 saturated heterocycles. The minimum absolute atomic E-state index is 0. The summed E-state index contributed by atoms with van der Waals surface area (Å²) in [6.45, 7) is 0. The van der Waals surface area contributed by atoms with Crippen molar-refractivity contribution in [2.45, 2.75) is 0 Å². The van der Waals surface area contributed by atoms with Gasteiger partial charge in [0, 0.05) is 24.8 Å². The van der Waals surface area contributed by atoms with E-state index in [9.17, 15) is 0 Å². The molecule has 0 aliphatic heterocycles. The fraction of sp³-hybridized carbons (Fsp3) is 0. The van der Waals surface area contributed by atoms with Gasteiger partial charge in [-0.2, -0.15) is 0 Å². The van der Waals surface area contributed by atoms with Crippen LogP contribution >= 0.6 is 0 Å². The SMILES string of the molecule is O=[As]([O-])([O-])O.[Co+2].c1ccncc1.c1ccncc1. The Morgan fingerprint density at radius 2 is 1.00 bits per heavy atom. The third kappa shape index (κ3) is 24.3. The summed E-state index contributed by atoms with van der Waals surface area (Å²) in [6, 6.07) is 11.4. The Morgan fingerprint density at radius 1 is 0.778 bits per heavy atom. The van der Waals surface area contributed by atoms with E-state index < -0.39 is 14.5 Å². The fourth-order valence-electron chi connectivity index (χ4n) is 0.625. The van der Waals surface area contributed by atoms with Crippen molar-refractivity contribution >= 4 is 14.5 Å². The molecule has 0 amide bonds. The summed E-state index contributed by atoms with van der Waals surface area (Å²) in [7, 11) is 0. The molecule has 0 saturated carbocycles. The van der Waals surface area contributed by atoms with Gasteiger partial charge in [0.2, 0.25) is 0 Å². The Balaban J connectivity index is 0. The molecule has 0 aromatic carbocycles. The Labute approximate surface area is 118 Å². The van der Waals surface area contributed by atoms with Gasteiger partial charge in [0.25, 0.3) is 0 Å². The standard InChI is InChI=1S/2C5H5N.AsH3O4.Co/c2*1-2-4-6-5-3-1;2-1(3,4)5;/h2*1-5H;(H3,2,3,4,5);/q;;;+2/p-2. The van der Waals surface area contributed by atoms with Crippen LogP contribution in [0.1, 0.15) is 0 Å². The molecule has 0 atom stereocenters. The zero-order valence-corrected chi connectivity index (χ0v) is 12.0. The van der Waals surface area contributed by atoms with Crippen LogP contribution < -0.4 is 8.19 Å². The average molecular weight is 357 g/mol. The van der Waals surface area contributed by atoms with Crippen molar-refractivity contribution in [3.63, 3.8) is 0 Å². The van der Waals surface area contributed by atoms with Gasteiger partial charge < -0.3 is 0 Å². The minimum Gasteiger partial charge on any atom is -0.265 e. The molecule has 2 rings (SSSR count). The number of hydrogen-bond donors (Lipinski definition) is 1. The van der Waals surface area contributed by atoms with Crippen molar-refractivity contribution in [2.24, 2.45) is 0 Å². The molecule has 18 heavy (non-hydrogen) atoms. The largest absolute Gasteiger partial charge is 2.00 e. The van der Waals surface area contributed by atoms with E-state index in [-0.39, 0.29) is 16.8 Å². The van der Waals surface area contributed by atoms with Gasteiger partial charge in [-0.15, -0.1) is 0 Å². The number of pyridine rings is 2. The molecule has 0 unspecified atom stereocenters. The van der Waals surface area contributed by atoms with Crippen LogP contribution in [-0.2, 0) is 20.5 Å². The molecule has 2 aromatic rings. The molecule has 1 radical (unpaired) electrons. The van der Waals surface area contributed by atoms with E-state index in [1.807, 2.05) is 36.4 Å². The van der Waals surface area contributed by atoms with E-state index >= 15 is 0 Å². The third-order valence-electron chi connectivity index (χ3n) is 1.13. The molecule has 99 valence electrons. The summed E-state index contributed by atoms with van der Waals surface area (Å²) in [5.74, 6) is 0. The first-order valence-electron chi connectivity index (χ1n) is 4.45. The molecule has 2 aromatic heterocycles. The first kappa shape index (κ1) is 19.4. The molecule has 1 N–H and O–H groups in total. The maximum Gasteiger partial charge on any atom is 2.00 e. The van der Waals surface area contributed by atoms with Crippen molar-refractivity contribution in [2.75, 3.05) is 0 Å². The van der Waals surface area contributed by atoms with Gasteiger partial charge in [-0.05, 0) is 24.3 Å². The molecule has 0 fully saturated rings. The van der Waals surface area contributed by atoms with Crippen LogP contribution in [0.15, 0.2) is 61.2 Å². The van der Waals surface area contributed by atoms with Gasteiger partial charge in [0.1, 0.15) is 0 Å². The first-order valence-corrected chi connectivity index (χ1v) is 7.58. The van der Waals surface area contributed by atoms with E-state index in [2.05, 4.69) is 9.97 Å². The molecular weight excluding hydrogens is 346 g/mol. The maximum absolute atomic E-state index is 8.72. The van der Waals surface area contributed by atoms with Crippen LogP contribution in [0.5, 0.6) is 0 Å². The van der Waals surface area contributed by atoms with Gasteiger partial charge in [-0.1, -0.05) is 12.1 Å². The summed E-state index contributed by atoms with van der Waals surface area (Å²) in [4.78, 5) is 7.57. The maximum atomic E-state index is 8.72. The second-order valence-corrected chi connectivity index (χ2v) is 4.48. The summed E-state index contributed by atoms with van der Waals surface area (Å²) >= 11 is -5.62. The van der Waals surface area contributed by atoms with Crippen molar-refractivity contribution in [3.8, 4) is 0 Å². The second kappa shape index (κ2) is 12.5. The first-order chi connectivity index (χ1) is 8.00. The smallest absolute Gasteiger partial charge is 0.265 e. The zero-order valence-electron chi connectivity index (χ0n) is 9.12. The van der Waals surface area contributed by atoms with Gasteiger partial charge in [0.05, 0.1) is 0 Å². The number of hydrogen-bond acceptors (Lipinski definition) is 5. The van der Waals surface area contributed by atoms with Gasteiger partial charge in [-0.3, -0.25) is 9.97 Å². The Morgan fingerprint density at radius 3 is 1.06 bits per heavy atom. The van der Waals surface area contributed by atoms with Crippen molar-refractivity contribution in [3.05, 3.63) is 61.2 Å². The molecule has 8 heteroatoms. The Kier molecular flexibility index (Phi) is 13.5. The van der Waals surface area contributed by atoms with Crippen molar-refractivity contribution < 1.29 is 32.8 Å². The van der Waals surface area contributed by atoms with Crippen LogP contribution in [0.25, 0.3) is 0 Å². The normalized spacial score (nSPS) is 8.61. The van der Waals surface area contributed by atoms with Crippen LogP contribution in [0.2, 0.25) is 0 Å². The summed E-state index contributed by atoms with van der Waals surface area (Å²) in [5.41, 5.74) is 0. The van der Waals surface area contributed by atoms with E-state index in [4.69, 9.17) is 16.0 Å². The molecule has 0 aliphatic rings. The number of nitrogens with zero attached hydrogens (tertiary/aromatic N) is 2. The summed E-state index contributed by atoms with van der Waals surface area (Å²) in [6.07, 6.45) is 7.00. The minimum atomic E-state index is -5.62. The van der Waals surface area contributed by atoms with Crippen molar-refractivity contribution in [1.82, 2.24) is 9.97 Å². The number of aromatic nitrogens is 2. The molecular formula is C10H11AsCoN2O4. The van der Waals surface area contributed by atoms with Gasteiger partial charge in [-0.25, -0.2) is 0 Å². The van der Waals surface area contributed by atoms with E-state index in [1.54, 1.807) is 24.8 Å². The molecule has 6 nitrogen and oxygen atoms in total. The Hall–Kier alpha value is -0.955. The fourth-order valence-corrected chi connectivity index (χ4v) is 0.625. The van der Waals surface area contributed by atoms with E-state index in [1.165, 1.54) is 0 Å². The van der Waals surface area contributed by atoms with Gasteiger partial charge >= 0.3 is 47.3 Å². The predicted octanol–water partition coefficient (Wildman–Crippen LogP) is -1.27. The van der Waals surface area contributed by atoms with Crippen LogP contribution in [0.3, 0.4) is 0 Å². The third-order valence-corrected chi connectivity index (χ3v) is 1.13. The molecule has 0 aliphatic carbocycles. The Bertz CT molecular complexity index is 320. The average Bonchev–Trinajstić information content (AvgIpc) is 2.32. The van der Waals surface area contributed by atoms with Crippen LogP contribution in [0, 0.1) is 0 Å².